The number of hydrogen-bond donors (Lipinski definition) is 1. The first-order chi connectivity index (χ1) is 7.65. The predicted octanol–water partition coefficient (Wildman–Crippen LogP) is 2.27. The van der Waals surface area contributed by atoms with Gasteiger partial charge in [0.25, 0.3) is 0 Å². The number of aromatic amines is 1. The fourth-order valence-corrected chi connectivity index (χ4v) is 2.06. The minimum Gasteiger partial charge on any atom is -0.359 e. The van der Waals surface area contributed by atoms with Gasteiger partial charge in [-0.2, -0.15) is 11.8 Å². The van der Waals surface area contributed by atoms with Gasteiger partial charge in [0.15, 0.2) is 5.78 Å². The maximum Gasteiger partial charge on any atom is 0.192 e. The highest BCUT2D eigenvalue weighted by Gasteiger charge is 2.14. The lowest BCUT2D eigenvalue weighted by Gasteiger charge is -2.23. The third-order valence-electron chi connectivity index (χ3n) is 2.78. The molecule has 4 heteroatoms. The van der Waals surface area contributed by atoms with Crippen LogP contribution in [0.5, 0.6) is 0 Å². The molecule has 1 heterocycles. The molecule has 1 aromatic rings. The fourth-order valence-electron chi connectivity index (χ4n) is 1.48. The Kier molecular flexibility index (Phi) is 5.63. The minimum atomic E-state index is 0.156. The largest absolute Gasteiger partial charge is 0.359 e. The Hall–Kier alpha value is -0.740. The molecule has 0 aliphatic carbocycles. The van der Waals surface area contributed by atoms with Crippen molar-refractivity contribution in [3.63, 3.8) is 0 Å². The van der Waals surface area contributed by atoms with Gasteiger partial charge in [0.2, 0.25) is 0 Å². The summed E-state index contributed by atoms with van der Waals surface area (Å²) in [6.07, 6.45) is 5.01. The molecule has 0 aromatic carbocycles. The van der Waals surface area contributed by atoms with Gasteiger partial charge in [-0.1, -0.05) is 0 Å². The van der Waals surface area contributed by atoms with Crippen LogP contribution in [0.3, 0.4) is 0 Å². The summed E-state index contributed by atoms with van der Waals surface area (Å²) in [6, 6.07) is 4.12. The Balaban J connectivity index is 2.39. The molecule has 1 atom stereocenters. The van der Waals surface area contributed by atoms with Crippen molar-refractivity contribution < 1.29 is 4.79 Å². The zero-order valence-corrected chi connectivity index (χ0v) is 11.0. The summed E-state index contributed by atoms with van der Waals surface area (Å²) in [6.45, 7) is 2.65. The lowest BCUT2D eigenvalue weighted by Crippen LogP contribution is -2.34. The molecule has 3 nitrogen and oxygen atoms in total. The van der Waals surface area contributed by atoms with Gasteiger partial charge in [0, 0.05) is 12.2 Å². The van der Waals surface area contributed by atoms with Crippen LogP contribution in [0.1, 0.15) is 23.8 Å². The number of rotatable bonds is 7. The van der Waals surface area contributed by atoms with E-state index in [0.29, 0.717) is 18.3 Å². The van der Waals surface area contributed by atoms with Gasteiger partial charge in [-0.3, -0.25) is 9.69 Å². The third kappa shape index (κ3) is 4.02. The Morgan fingerprint density at radius 1 is 1.62 bits per heavy atom. The number of Topliss-reactive ketones (excluding diaryl/α,β-unsaturated/α-hetero) is 1. The van der Waals surface area contributed by atoms with Crippen molar-refractivity contribution in [1.29, 1.82) is 0 Å². The van der Waals surface area contributed by atoms with Crippen LogP contribution in [-0.2, 0) is 0 Å². The van der Waals surface area contributed by atoms with Crippen LogP contribution in [0.15, 0.2) is 18.3 Å². The lowest BCUT2D eigenvalue weighted by atomic mass is 10.2. The van der Waals surface area contributed by atoms with Crippen LogP contribution in [0.4, 0.5) is 0 Å². The molecule has 0 saturated heterocycles. The number of thioether (sulfide) groups is 1. The molecule has 0 bridgehead atoms. The first-order valence-corrected chi connectivity index (χ1v) is 6.90. The van der Waals surface area contributed by atoms with Crippen molar-refractivity contribution in [2.45, 2.75) is 19.4 Å². The number of carbonyl (C=O) groups excluding carboxylic acids is 1. The Morgan fingerprint density at radius 2 is 2.38 bits per heavy atom. The molecule has 0 radical (unpaired) electrons. The zero-order chi connectivity index (χ0) is 12.0. The average Bonchev–Trinajstić information content (AvgIpc) is 2.79. The molecule has 0 fully saturated rings. The molecule has 0 amide bonds. The van der Waals surface area contributed by atoms with Gasteiger partial charge in [0.1, 0.15) is 0 Å². The van der Waals surface area contributed by atoms with E-state index in [0.717, 1.165) is 12.2 Å². The molecular formula is C12H20N2OS. The van der Waals surface area contributed by atoms with E-state index in [-0.39, 0.29) is 5.78 Å². The summed E-state index contributed by atoms with van der Waals surface area (Å²) in [7, 11) is 2.01. The summed E-state index contributed by atoms with van der Waals surface area (Å²) >= 11 is 1.85. The highest BCUT2D eigenvalue weighted by Crippen LogP contribution is 2.07. The van der Waals surface area contributed by atoms with Crippen LogP contribution in [0.2, 0.25) is 0 Å². The van der Waals surface area contributed by atoms with E-state index < -0.39 is 0 Å². The topological polar surface area (TPSA) is 36.1 Å². The molecule has 1 N–H and O–H groups in total. The SMILES string of the molecule is CSCCC(C)N(C)CC(=O)c1ccc[nH]1. The second-order valence-electron chi connectivity index (χ2n) is 4.05. The van der Waals surface area contributed by atoms with Gasteiger partial charge in [-0.05, 0) is 44.5 Å². The first-order valence-electron chi connectivity index (χ1n) is 5.51. The van der Waals surface area contributed by atoms with E-state index in [2.05, 4.69) is 23.1 Å². The standard InChI is InChI=1S/C12H20N2OS/c1-10(6-8-16-3)14(2)9-12(15)11-5-4-7-13-11/h4-5,7,10,13H,6,8-9H2,1-3H3. The van der Waals surface area contributed by atoms with E-state index in [1.807, 2.05) is 30.9 Å². The minimum absolute atomic E-state index is 0.156. The Morgan fingerprint density at radius 3 is 2.94 bits per heavy atom. The Labute approximate surface area is 102 Å². The maximum absolute atomic E-state index is 11.8. The molecule has 0 spiro atoms. The van der Waals surface area contributed by atoms with E-state index in [4.69, 9.17) is 0 Å². The quantitative estimate of drug-likeness (QED) is 0.743. The molecule has 1 rings (SSSR count). The fraction of sp³-hybridized carbons (Fsp3) is 0.583. The van der Waals surface area contributed by atoms with Crippen LogP contribution in [0.25, 0.3) is 0 Å². The number of ketones is 1. The molecule has 0 aliphatic rings. The van der Waals surface area contributed by atoms with Crippen LogP contribution < -0.4 is 0 Å². The molecule has 90 valence electrons. The summed E-state index contributed by atoms with van der Waals surface area (Å²) in [5.74, 6) is 1.30. The van der Waals surface area contributed by atoms with Crippen LogP contribution >= 0.6 is 11.8 Å². The van der Waals surface area contributed by atoms with E-state index in [1.165, 1.54) is 0 Å². The third-order valence-corrected chi connectivity index (χ3v) is 3.43. The molecule has 16 heavy (non-hydrogen) atoms. The van der Waals surface area contributed by atoms with Crippen LogP contribution in [-0.4, -0.2) is 47.3 Å². The summed E-state index contributed by atoms with van der Waals surface area (Å²) < 4.78 is 0. The van der Waals surface area contributed by atoms with Gasteiger partial charge in [-0.15, -0.1) is 0 Å². The number of aromatic nitrogens is 1. The second-order valence-corrected chi connectivity index (χ2v) is 5.04. The molecule has 0 saturated carbocycles. The van der Waals surface area contributed by atoms with Gasteiger partial charge < -0.3 is 4.98 Å². The number of H-pyrrole nitrogens is 1. The van der Waals surface area contributed by atoms with Gasteiger partial charge >= 0.3 is 0 Å². The monoisotopic (exact) mass is 240 g/mol. The summed E-state index contributed by atoms with van der Waals surface area (Å²) in [4.78, 5) is 16.9. The molecule has 1 unspecified atom stereocenters. The molecular weight excluding hydrogens is 220 g/mol. The van der Waals surface area contributed by atoms with E-state index in [9.17, 15) is 4.79 Å². The average molecular weight is 240 g/mol. The van der Waals surface area contributed by atoms with Gasteiger partial charge in [-0.25, -0.2) is 0 Å². The summed E-state index contributed by atoms with van der Waals surface area (Å²) in [5.41, 5.74) is 0.698. The van der Waals surface area contributed by atoms with E-state index in [1.54, 1.807) is 6.20 Å². The van der Waals surface area contributed by atoms with Crippen molar-refractivity contribution in [1.82, 2.24) is 9.88 Å². The van der Waals surface area contributed by atoms with Crippen molar-refractivity contribution in [3.05, 3.63) is 24.0 Å². The highest BCUT2D eigenvalue weighted by atomic mass is 32.2. The van der Waals surface area contributed by atoms with Crippen LogP contribution in [0, 0.1) is 0 Å². The number of nitrogens with one attached hydrogen (secondary N) is 1. The number of likely N-dealkylation sites (N-methyl/N-ethyl adjacent to an activating group) is 1. The molecule has 0 aliphatic heterocycles. The second kappa shape index (κ2) is 6.76. The number of hydrogen-bond acceptors (Lipinski definition) is 3. The predicted molar refractivity (Wildman–Crippen MR) is 70.2 cm³/mol. The highest BCUT2D eigenvalue weighted by molar-refractivity contribution is 7.98. The van der Waals surface area contributed by atoms with Crippen molar-refractivity contribution in [2.24, 2.45) is 0 Å². The molecule has 1 aromatic heterocycles. The smallest absolute Gasteiger partial charge is 0.192 e. The lowest BCUT2D eigenvalue weighted by molar-refractivity contribution is 0.0919. The zero-order valence-electron chi connectivity index (χ0n) is 10.2. The van der Waals surface area contributed by atoms with E-state index >= 15 is 0 Å². The van der Waals surface area contributed by atoms with Crippen molar-refractivity contribution in [3.8, 4) is 0 Å². The summed E-state index contributed by atoms with van der Waals surface area (Å²) in [5, 5.41) is 0. The van der Waals surface area contributed by atoms with Gasteiger partial charge in [0.05, 0.1) is 12.2 Å². The van der Waals surface area contributed by atoms with Crippen molar-refractivity contribution in [2.75, 3.05) is 25.6 Å². The maximum atomic E-state index is 11.8. The number of nitrogens with zero attached hydrogens (tertiary/aromatic N) is 1. The Bertz CT molecular complexity index is 311. The van der Waals surface area contributed by atoms with Crippen molar-refractivity contribution >= 4 is 17.5 Å². The first kappa shape index (κ1) is 13.3. The normalized spacial score (nSPS) is 13.0. The number of carbonyl (C=O) groups is 1.